The van der Waals surface area contributed by atoms with Gasteiger partial charge >= 0.3 is 12.1 Å². The molecule has 1 spiro atoms. The Balaban J connectivity index is 2.03. The number of nitrogens with zero attached hydrogens (tertiary/aromatic N) is 1. The highest BCUT2D eigenvalue weighted by Crippen LogP contribution is 2.55. The molecule has 1 amide bonds. The number of halogens is 4. The fraction of sp³-hybridized carbons (Fsp3) is 0.467. The highest BCUT2D eigenvalue weighted by Gasteiger charge is 2.61. The van der Waals surface area contributed by atoms with Crippen molar-refractivity contribution in [2.45, 2.75) is 24.2 Å². The van der Waals surface area contributed by atoms with Crippen molar-refractivity contribution >= 4 is 11.9 Å². The van der Waals surface area contributed by atoms with Crippen LogP contribution in [0.25, 0.3) is 0 Å². The van der Waals surface area contributed by atoms with Gasteiger partial charge in [0.05, 0.1) is 12.7 Å². The van der Waals surface area contributed by atoms with Crippen LogP contribution >= 0.6 is 0 Å². The number of fused-ring (bicyclic) bond motifs is 2. The molecule has 0 unspecified atom stereocenters. The number of carbonyl (C=O) groups excluding carboxylic acids is 2. The Kier molecular flexibility index (Phi) is 3.38. The van der Waals surface area contributed by atoms with E-state index in [1.54, 1.807) is 0 Å². The maximum atomic E-state index is 13.9. The van der Waals surface area contributed by atoms with Gasteiger partial charge in [-0.05, 0) is 30.2 Å². The molecule has 1 heterocycles. The standard InChI is InChI=1S/C15H13F4NO3/c1-23-12(21)6-20-7-14(5-11(14)16)10-4-8(15(17,18)19)2-3-9(10)13(20)22/h2-4,11H,5-7H2,1H3/t11-,14-/m1/s1. The molecule has 0 bridgehead atoms. The van der Waals surface area contributed by atoms with E-state index in [0.29, 0.717) is 0 Å². The Morgan fingerprint density at radius 2 is 2.09 bits per heavy atom. The molecule has 0 radical (unpaired) electrons. The second-order valence-electron chi connectivity index (χ2n) is 5.82. The molecule has 1 aliphatic heterocycles. The number of rotatable bonds is 2. The smallest absolute Gasteiger partial charge is 0.416 e. The molecule has 2 atom stereocenters. The van der Waals surface area contributed by atoms with Crippen molar-refractivity contribution in [3.8, 4) is 0 Å². The van der Waals surface area contributed by atoms with Crippen LogP contribution in [0.3, 0.4) is 0 Å². The number of methoxy groups -OCH3 is 1. The summed E-state index contributed by atoms with van der Waals surface area (Å²) in [5.74, 6) is -1.26. The van der Waals surface area contributed by atoms with E-state index in [2.05, 4.69) is 4.74 Å². The molecule has 1 aromatic carbocycles. The van der Waals surface area contributed by atoms with E-state index in [1.165, 1.54) is 0 Å². The van der Waals surface area contributed by atoms with Gasteiger partial charge < -0.3 is 9.64 Å². The first-order chi connectivity index (χ1) is 10.7. The van der Waals surface area contributed by atoms with Crippen LogP contribution in [-0.4, -0.2) is 43.1 Å². The van der Waals surface area contributed by atoms with Gasteiger partial charge in [-0.15, -0.1) is 0 Å². The zero-order chi connectivity index (χ0) is 17.0. The van der Waals surface area contributed by atoms with Crippen molar-refractivity contribution in [2.24, 2.45) is 0 Å². The SMILES string of the molecule is COC(=O)CN1C[C@]2(C[C@H]2F)c2cc(C(F)(F)F)ccc2C1=O. The molecule has 23 heavy (non-hydrogen) atoms. The third kappa shape index (κ3) is 2.46. The van der Waals surface area contributed by atoms with Crippen molar-refractivity contribution in [3.05, 3.63) is 34.9 Å². The summed E-state index contributed by atoms with van der Waals surface area (Å²) in [7, 11) is 1.16. The minimum absolute atomic E-state index is 0.00769. The van der Waals surface area contributed by atoms with E-state index in [4.69, 9.17) is 0 Å². The van der Waals surface area contributed by atoms with Crippen molar-refractivity contribution < 1.29 is 31.9 Å². The normalized spacial score (nSPS) is 26.2. The second-order valence-corrected chi connectivity index (χ2v) is 5.82. The highest BCUT2D eigenvalue weighted by molar-refractivity contribution is 5.99. The summed E-state index contributed by atoms with van der Waals surface area (Å²) in [6.45, 7) is -0.485. The quantitative estimate of drug-likeness (QED) is 0.617. The van der Waals surface area contributed by atoms with Crippen LogP contribution < -0.4 is 0 Å². The van der Waals surface area contributed by atoms with Crippen LogP contribution in [0.1, 0.15) is 27.9 Å². The monoisotopic (exact) mass is 331 g/mol. The lowest BCUT2D eigenvalue weighted by molar-refractivity contribution is -0.141. The van der Waals surface area contributed by atoms with Crippen LogP contribution in [0.2, 0.25) is 0 Å². The molecule has 124 valence electrons. The highest BCUT2D eigenvalue weighted by atomic mass is 19.4. The van der Waals surface area contributed by atoms with E-state index in [-0.39, 0.29) is 30.6 Å². The largest absolute Gasteiger partial charge is 0.468 e. The molecular formula is C15H13F4NO3. The minimum Gasteiger partial charge on any atom is -0.468 e. The zero-order valence-electron chi connectivity index (χ0n) is 12.1. The summed E-state index contributed by atoms with van der Waals surface area (Å²) in [5, 5.41) is 0. The third-order valence-corrected chi connectivity index (χ3v) is 4.40. The fourth-order valence-corrected chi connectivity index (χ4v) is 3.04. The van der Waals surface area contributed by atoms with Gasteiger partial charge in [0.25, 0.3) is 5.91 Å². The van der Waals surface area contributed by atoms with Crippen LogP contribution in [-0.2, 0) is 21.1 Å². The topological polar surface area (TPSA) is 46.6 Å². The van der Waals surface area contributed by atoms with Crippen LogP contribution in [0.15, 0.2) is 18.2 Å². The average molecular weight is 331 g/mol. The summed E-state index contributed by atoms with van der Waals surface area (Å²) in [4.78, 5) is 24.9. The minimum atomic E-state index is -4.57. The Labute approximate surface area is 129 Å². The number of esters is 1. The second kappa shape index (κ2) is 4.94. The molecule has 3 rings (SSSR count). The van der Waals surface area contributed by atoms with Gasteiger partial charge in [0.2, 0.25) is 0 Å². The lowest BCUT2D eigenvalue weighted by atomic mass is 9.85. The van der Waals surface area contributed by atoms with E-state index >= 15 is 0 Å². The maximum absolute atomic E-state index is 13.9. The van der Waals surface area contributed by atoms with Crippen LogP contribution in [0, 0.1) is 0 Å². The first-order valence-electron chi connectivity index (χ1n) is 6.91. The van der Waals surface area contributed by atoms with Crippen molar-refractivity contribution in [1.82, 2.24) is 4.90 Å². The number of carbonyl (C=O) groups is 2. The van der Waals surface area contributed by atoms with Gasteiger partial charge in [-0.3, -0.25) is 9.59 Å². The Bertz CT molecular complexity index is 688. The lowest BCUT2D eigenvalue weighted by Crippen LogP contribution is -2.47. The van der Waals surface area contributed by atoms with Gasteiger partial charge in [-0.1, -0.05) is 0 Å². The summed E-state index contributed by atoms with van der Waals surface area (Å²) in [6.07, 6.45) is -5.87. The molecule has 1 aliphatic carbocycles. The molecule has 4 nitrogen and oxygen atoms in total. The van der Waals surface area contributed by atoms with Gasteiger partial charge in [0, 0.05) is 17.5 Å². The van der Waals surface area contributed by atoms with Gasteiger partial charge in [-0.2, -0.15) is 13.2 Å². The van der Waals surface area contributed by atoms with Gasteiger partial charge in [0.1, 0.15) is 12.7 Å². The third-order valence-electron chi connectivity index (χ3n) is 4.40. The van der Waals surface area contributed by atoms with Crippen molar-refractivity contribution in [1.29, 1.82) is 0 Å². The number of benzene rings is 1. The fourth-order valence-electron chi connectivity index (χ4n) is 3.04. The van der Waals surface area contributed by atoms with Crippen LogP contribution in [0.5, 0.6) is 0 Å². The maximum Gasteiger partial charge on any atom is 0.416 e. The first-order valence-corrected chi connectivity index (χ1v) is 6.91. The van der Waals surface area contributed by atoms with Gasteiger partial charge in [-0.25, -0.2) is 4.39 Å². The number of amides is 1. The molecule has 0 saturated heterocycles. The Morgan fingerprint density at radius 3 is 2.61 bits per heavy atom. The number of ether oxygens (including phenoxy) is 1. The lowest BCUT2D eigenvalue weighted by Gasteiger charge is -2.34. The van der Waals surface area contributed by atoms with E-state index in [0.717, 1.165) is 30.2 Å². The van der Waals surface area contributed by atoms with E-state index < -0.39 is 35.2 Å². The summed E-state index contributed by atoms with van der Waals surface area (Å²) in [6, 6.07) is 2.70. The Morgan fingerprint density at radius 1 is 1.43 bits per heavy atom. The molecule has 0 aromatic heterocycles. The predicted molar refractivity (Wildman–Crippen MR) is 70.6 cm³/mol. The summed E-state index contributed by atoms with van der Waals surface area (Å²) in [5.41, 5.74) is -1.98. The average Bonchev–Trinajstić information content (AvgIpc) is 3.13. The molecule has 0 N–H and O–H groups in total. The molecular weight excluding hydrogens is 318 g/mol. The summed E-state index contributed by atoms with van der Waals surface area (Å²) < 4.78 is 57.0. The molecule has 2 aliphatic rings. The number of hydrogen-bond acceptors (Lipinski definition) is 3. The predicted octanol–water partition coefficient (Wildman–Crippen LogP) is 2.31. The molecule has 1 saturated carbocycles. The number of hydrogen-bond donors (Lipinski definition) is 0. The van der Waals surface area contributed by atoms with Gasteiger partial charge in [0.15, 0.2) is 0 Å². The first kappa shape index (κ1) is 15.8. The molecule has 1 aromatic rings. The number of alkyl halides is 4. The summed E-state index contributed by atoms with van der Waals surface area (Å²) >= 11 is 0. The zero-order valence-corrected chi connectivity index (χ0v) is 12.1. The van der Waals surface area contributed by atoms with Crippen molar-refractivity contribution in [3.63, 3.8) is 0 Å². The Hall–Kier alpha value is -2.12. The molecule has 8 heteroatoms. The van der Waals surface area contributed by atoms with E-state index in [9.17, 15) is 27.2 Å². The van der Waals surface area contributed by atoms with Crippen molar-refractivity contribution in [2.75, 3.05) is 20.2 Å². The van der Waals surface area contributed by atoms with Crippen LogP contribution in [0.4, 0.5) is 17.6 Å². The van der Waals surface area contributed by atoms with E-state index in [1.807, 2.05) is 0 Å². The molecule has 1 fully saturated rings.